The van der Waals surface area contributed by atoms with Crippen LogP contribution in [0.5, 0.6) is 0 Å². The Morgan fingerprint density at radius 3 is 2.50 bits per heavy atom. The van der Waals surface area contributed by atoms with Crippen molar-refractivity contribution in [2.24, 2.45) is 5.73 Å². The van der Waals surface area contributed by atoms with Crippen molar-refractivity contribution >= 4 is 5.91 Å². The monoisotopic (exact) mass is 253 g/mol. The average molecular weight is 253 g/mol. The second kappa shape index (κ2) is 5.15. The Labute approximate surface area is 108 Å². The maximum Gasteiger partial charge on any atom is 0.234 e. The number of carbonyl (C=O) groups is 1. The quantitative estimate of drug-likeness (QED) is 0.690. The summed E-state index contributed by atoms with van der Waals surface area (Å²) in [4.78, 5) is 13.8. The molecular formula is C13H23N3O2. The van der Waals surface area contributed by atoms with Crippen molar-refractivity contribution in [3.63, 3.8) is 0 Å². The van der Waals surface area contributed by atoms with E-state index in [1.807, 2.05) is 0 Å². The van der Waals surface area contributed by atoms with Crippen molar-refractivity contribution in [2.75, 3.05) is 19.6 Å². The lowest BCUT2D eigenvalue weighted by Gasteiger charge is -2.32. The molecule has 3 aliphatic rings. The number of morpholine rings is 1. The molecule has 3 rings (SSSR count). The van der Waals surface area contributed by atoms with Crippen LogP contribution in [0.2, 0.25) is 0 Å². The predicted molar refractivity (Wildman–Crippen MR) is 68.1 cm³/mol. The highest BCUT2D eigenvalue weighted by Crippen LogP contribution is 2.26. The fourth-order valence-corrected chi connectivity index (χ4v) is 3.04. The summed E-state index contributed by atoms with van der Waals surface area (Å²) in [6, 6.07) is 0.376. The summed E-state index contributed by atoms with van der Waals surface area (Å²) in [7, 11) is 0. The molecular weight excluding hydrogens is 230 g/mol. The van der Waals surface area contributed by atoms with E-state index in [4.69, 9.17) is 10.5 Å². The van der Waals surface area contributed by atoms with Gasteiger partial charge in [0, 0.05) is 25.7 Å². The van der Waals surface area contributed by atoms with Gasteiger partial charge in [-0.15, -0.1) is 0 Å². The van der Waals surface area contributed by atoms with E-state index in [2.05, 4.69) is 10.2 Å². The molecule has 2 heterocycles. The number of carbonyl (C=O) groups excluding carboxylic acids is 1. The van der Waals surface area contributed by atoms with Gasteiger partial charge in [-0.1, -0.05) is 0 Å². The molecule has 5 nitrogen and oxygen atoms in total. The second-order valence-electron chi connectivity index (χ2n) is 5.90. The smallest absolute Gasteiger partial charge is 0.234 e. The number of ether oxygens (including phenoxy) is 1. The van der Waals surface area contributed by atoms with Crippen LogP contribution in [0.4, 0.5) is 0 Å². The Bertz CT molecular complexity index is 307. The summed E-state index contributed by atoms with van der Waals surface area (Å²) < 4.78 is 5.81. The van der Waals surface area contributed by atoms with Crippen LogP contribution in [0.3, 0.4) is 0 Å². The third-order valence-corrected chi connectivity index (χ3v) is 4.21. The molecule has 0 aromatic carbocycles. The zero-order valence-corrected chi connectivity index (χ0v) is 10.8. The topological polar surface area (TPSA) is 67.6 Å². The summed E-state index contributed by atoms with van der Waals surface area (Å²) in [6.45, 7) is 2.99. The van der Waals surface area contributed by atoms with E-state index >= 15 is 0 Å². The normalized spacial score (nSPS) is 33.6. The van der Waals surface area contributed by atoms with Gasteiger partial charge in [-0.25, -0.2) is 0 Å². The SMILES string of the molecule is NC(=O)C(CCN1CC2CCC(C1)O2)NC1CC1. The van der Waals surface area contributed by atoms with E-state index in [0.717, 1.165) is 26.1 Å². The standard InChI is InChI=1S/C13H23N3O2/c14-13(17)12(15-9-1-2-9)5-6-16-7-10-3-4-11(8-16)18-10/h9-12,15H,1-8H2,(H2,14,17). The lowest BCUT2D eigenvalue weighted by atomic mass is 10.1. The number of amides is 1. The average Bonchev–Trinajstić information content (AvgIpc) is 3.09. The molecule has 3 N–H and O–H groups in total. The number of likely N-dealkylation sites (tertiary alicyclic amines) is 1. The molecule has 3 atom stereocenters. The third-order valence-electron chi connectivity index (χ3n) is 4.21. The molecule has 18 heavy (non-hydrogen) atoms. The lowest BCUT2D eigenvalue weighted by molar-refractivity contribution is -0.120. The van der Waals surface area contributed by atoms with E-state index in [1.54, 1.807) is 0 Å². The van der Waals surface area contributed by atoms with Crippen molar-refractivity contribution in [3.05, 3.63) is 0 Å². The number of rotatable bonds is 6. The van der Waals surface area contributed by atoms with Crippen molar-refractivity contribution in [1.82, 2.24) is 10.2 Å². The maximum atomic E-state index is 11.4. The first-order chi connectivity index (χ1) is 8.70. The fraction of sp³-hybridized carbons (Fsp3) is 0.923. The van der Waals surface area contributed by atoms with E-state index < -0.39 is 0 Å². The Morgan fingerprint density at radius 2 is 1.94 bits per heavy atom. The first-order valence-corrected chi connectivity index (χ1v) is 7.14. The zero-order valence-electron chi connectivity index (χ0n) is 10.8. The lowest BCUT2D eigenvalue weighted by Crippen LogP contribution is -2.47. The molecule has 102 valence electrons. The van der Waals surface area contributed by atoms with Crippen LogP contribution in [-0.4, -0.2) is 54.7 Å². The van der Waals surface area contributed by atoms with Crippen molar-refractivity contribution in [3.8, 4) is 0 Å². The Hall–Kier alpha value is -0.650. The molecule has 1 aliphatic carbocycles. The van der Waals surface area contributed by atoms with Crippen molar-refractivity contribution in [1.29, 1.82) is 0 Å². The summed E-state index contributed by atoms with van der Waals surface area (Å²) >= 11 is 0. The molecule has 2 saturated heterocycles. The van der Waals surface area contributed by atoms with Crippen LogP contribution in [0.25, 0.3) is 0 Å². The van der Waals surface area contributed by atoms with Gasteiger partial charge in [0.05, 0.1) is 18.2 Å². The molecule has 2 bridgehead atoms. The van der Waals surface area contributed by atoms with Crippen molar-refractivity contribution < 1.29 is 9.53 Å². The van der Waals surface area contributed by atoms with Gasteiger partial charge < -0.3 is 15.8 Å². The molecule has 3 unspecified atom stereocenters. The van der Waals surface area contributed by atoms with Crippen molar-refractivity contribution in [2.45, 2.75) is 56.4 Å². The number of fused-ring (bicyclic) bond motifs is 2. The van der Waals surface area contributed by atoms with E-state index in [0.29, 0.717) is 18.2 Å². The highest BCUT2D eigenvalue weighted by molar-refractivity contribution is 5.79. The highest BCUT2D eigenvalue weighted by atomic mass is 16.5. The van der Waals surface area contributed by atoms with Gasteiger partial charge in [-0.2, -0.15) is 0 Å². The molecule has 1 saturated carbocycles. The Balaban J connectivity index is 1.45. The van der Waals surface area contributed by atoms with Crippen LogP contribution in [-0.2, 0) is 9.53 Å². The van der Waals surface area contributed by atoms with E-state index in [1.165, 1.54) is 25.7 Å². The maximum absolute atomic E-state index is 11.4. The van der Waals surface area contributed by atoms with Gasteiger partial charge in [0.25, 0.3) is 0 Å². The summed E-state index contributed by atoms with van der Waals surface area (Å²) in [5, 5.41) is 3.34. The fourth-order valence-electron chi connectivity index (χ4n) is 3.04. The minimum atomic E-state index is -0.210. The minimum absolute atomic E-state index is 0.155. The molecule has 1 amide bonds. The number of nitrogens with two attached hydrogens (primary N) is 1. The van der Waals surface area contributed by atoms with Gasteiger partial charge in [-0.05, 0) is 32.1 Å². The number of nitrogens with one attached hydrogen (secondary N) is 1. The zero-order chi connectivity index (χ0) is 12.5. The molecule has 0 spiro atoms. The second-order valence-corrected chi connectivity index (χ2v) is 5.90. The largest absolute Gasteiger partial charge is 0.372 e. The molecule has 0 radical (unpaired) electrons. The summed E-state index contributed by atoms with van der Waals surface area (Å²) in [6.07, 6.45) is 6.43. The number of primary amides is 1. The molecule has 3 fully saturated rings. The number of hydrogen-bond acceptors (Lipinski definition) is 4. The van der Waals surface area contributed by atoms with Crippen LogP contribution >= 0.6 is 0 Å². The number of nitrogens with zero attached hydrogens (tertiary/aromatic N) is 1. The first-order valence-electron chi connectivity index (χ1n) is 7.14. The van der Waals surface area contributed by atoms with Crippen LogP contribution in [0.1, 0.15) is 32.1 Å². The van der Waals surface area contributed by atoms with Crippen LogP contribution < -0.4 is 11.1 Å². The van der Waals surface area contributed by atoms with Gasteiger partial charge in [0.1, 0.15) is 0 Å². The highest BCUT2D eigenvalue weighted by Gasteiger charge is 2.34. The summed E-state index contributed by atoms with van der Waals surface area (Å²) in [5.41, 5.74) is 5.45. The molecule has 2 aliphatic heterocycles. The minimum Gasteiger partial charge on any atom is -0.372 e. The first kappa shape index (κ1) is 12.4. The van der Waals surface area contributed by atoms with Gasteiger partial charge in [0.2, 0.25) is 5.91 Å². The van der Waals surface area contributed by atoms with Gasteiger partial charge in [-0.3, -0.25) is 9.69 Å². The number of hydrogen-bond donors (Lipinski definition) is 2. The third kappa shape index (κ3) is 3.02. The van der Waals surface area contributed by atoms with E-state index in [-0.39, 0.29) is 11.9 Å². The van der Waals surface area contributed by atoms with Crippen LogP contribution in [0.15, 0.2) is 0 Å². The summed E-state index contributed by atoms with van der Waals surface area (Å²) in [5.74, 6) is -0.210. The van der Waals surface area contributed by atoms with Gasteiger partial charge in [0.15, 0.2) is 0 Å². The molecule has 0 aromatic heterocycles. The van der Waals surface area contributed by atoms with E-state index in [9.17, 15) is 4.79 Å². The van der Waals surface area contributed by atoms with Crippen LogP contribution in [0, 0.1) is 0 Å². The molecule has 5 heteroatoms. The van der Waals surface area contributed by atoms with Gasteiger partial charge >= 0.3 is 0 Å². The Kier molecular flexibility index (Phi) is 3.54. The Morgan fingerprint density at radius 1 is 1.28 bits per heavy atom. The molecule has 0 aromatic rings. The predicted octanol–water partition coefficient (Wildman–Crippen LogP) is -0.154.